The SMILES string of the molecule is C[C@@H]1CN(C(=O)Cc2ccc(C(C)(C)C)nc2)CCN1c1ccc(C#N)nn1. The standard InChI is InChI=1S/C21H26N6O/c1-15-14-26(9-10-27(15)19-8-6-17(12-22)24-25-19)20(28)11-16-5-7-18(23-13-16)21(2,3)4/h5-8,13,15H,9-11,14H2,1-4H3/t15-/m1/s1. The van der Waals surface area contributed by atoms with Crippen LogP contribution in [0.4, 0.5) is 5.82 Å². The van der Waals surface area contributed by atoms with Gasteiger partial charge in [0.15, 0.2) is 11.5 Å². The molecule has 1 aliphatic rings. The summed E-state index contributed by atoms with van der Waals surface area (Å²) in [6, 6.07) is 9.58. The average molecular weight is 378 g/mol. The Labute approximate surface area is 166 Å². The highest BCUT2D eigenvalue weighted by Crippen LogP contribution is 2.21. The van der Waals surface area contributed by atoms with Crippen molar-refractivity contribution in [3.63, 3.8) is 0 Å². The van der Waals surface area contributed by atoms with Crippen LogP contribution in [0.5, 0.6) is 0 Å². The zero-order chi connectivity index (χ0) is 20.3. The van der Waals surface area contributed by atoms with Gasteiger partial charge in [0, 0.05) is 43.0 Å². The van der Waals surface area contributed by atoms with Crippen molar-refractivity contribution in [1.29, 1.82) is 5.26 Å². The molecule has 3 rings (SSSR count). The molecule has 7 nitrogen and oxygen atoms in total. The van der Waals surface area contributed by atoms with Crippen molar-refractivity contribution in [2.24, 2.45) is 0 Å². The van der Waals surface area contributed by atoms with Crippen molar-refractivity contribution >= 4 is 11.7 Å². The molecule has 1 fully saturated rings. The second kappa shape index (κ2) is 7.93. The number of pyridine rings is 1. The van der Waals surface area contributed by atoms with Crippen LogP contribution in [-0.4, -0.2) is 51.7 Å². The zero-order valence-corrected chi connectivity index (χ0v) is 16.9. The van der Waals surface area contributed by atoms with E-state index in [9.17, 15) is 4.79 Å². The normalized spacial score (nSPS) is 17.3. The third-order valence-electron chi connectivity index (χ3n) is 4.99. The van der Waals surface area contributed by atoms with E-state index in [2.05, 4.69) is 47.8 Å². The highest BCUT2D eigenvalue weighted by molar-refractivity contribution is 5.79. The van der Waals surface area contributed by atoms with E-state index in [1.54, 1.807) is 6.07 Å². The van der Waals surface area contributed by atoms with Crippen LogP contribution in [0.2, 0.25) is 0 Å². The third-order valence-corrected chi connectivity index (χ3v) is 4.99. The van der Waals surface area contributed by atoms with Gasteiger partial charge >= 0.3 is 0 Å². The summed E-state index contributed by atoms with van der Waals surface area (Å²) in [6.07, 6.45) is 2.17. The van der Waals surface area contributed by atoms with Gasteiger partial charge in [-0.15, -0.1) is 10.2 Å². The van der Waals surface area contributed by atoms with Crippen LogP contribution < -0.4 is 4.90 Å². The number of anilines is 1. The van der Waals surface area contributed by atoms with Crippen molar-refractivity contribution in [1.82, 2.24) is 20.1 Å². The monoisotopic (exact) mass is 378 g/mol. The van der Waals surface area contributed by atoms with Crippen LogP contribution in [0, 0.1) is 11.3 Å². The number of hydrogen-bond donors (Lipinski definition) is 0. The molecule has 28 heavy (non-hydrogen) atoms. The lowest BCUT2D eigenvalue weighted by Gasteiger charge is -2.40. The summed E-state index contributed by atoms with van der Waals surface area (Å²) in [6.45, 7) is 10.4. The first-order valence-electron chi connectivity index (χ1n) is 9.51. The van der Waals surface area contributed by atoms with Crippen molar-refractivity contribution in [3.05, 3.63) is 47.4 Å². The Bertz CT molecular complexity index is 864. The minimum absolute atomic E-state index is 0.00261. The summed E-state index contributed by atoms with van der Waals surface area (Å²) >= 11 is 0. The molecule has 1 saturated heterocycles. The van der Waals surface area contributed by atoms with Gasteiger partial charge in [0.25, 0.3) is 0 Å². The topological polar surface area (TPSA) is 86.0 Å². The van der Waals surface area contributed by atoms with Gasteiger partial charge in [-0.3, -0.25) is 9.78 Å². The third kappa shape index (κ3) is 4.45. The molecule has 0 aromatic carbocycles. The number of amides is 1. The van der Waals surface area contributed by atoms with Gasteiger partial charge in [0.1, 0.15) is 6.07 Å². The number of aromatic nitrogens is 3. The number of carbonyl (C=O) groups excluding carboxylic acids is 1. The quantitative estimate of drug-likeness (QED) is 0.815. The Hall–Kier alpha value is -3.01. The summed E-state index contributed by atoms with van der Waals surface area (Å²) in [5.41, 5.74) is 2.26. The average Bonchev–Trinajstić information content (AvgIpc) is 2.68. The summed E-state index contributed by atoms with van der Waals surface area (Å²) < 4.78 is 0. The number of piperazine rings is 1. The predicted octanol–water partition coefficient (Wildman–Crippen LogP) is 2.32. The molecule has 0 radical (unpaired) electrons. The molecule has 0 bridgehead atoms. The Morgan fingerprint density at radius 1 is 1.21 bits per heavy atom. The maximum Gasteiger partial charge on any atom is 0.227 e. The molecule has 146 valence electrons. The summed E-state index contributed by atoms with van der Waals surface area (Å²) in [5.74, 6) is 0.850. The van der Waals surface area contributed by atoms with E-state index in [1.807, 2.05) is 35.4 Å². The first kappa shape index (κ1) is 19.7. The largest absolute Gasteiger partial charge is 0.349 e. The van der Waals surface area contributed by atoms with Crippen molar-refractivity contribution in [3.8, 4) is 6.07 Å². The first-order valence-corrected chi connectivity index (χ1v) is 9.51. The maximum absolute atomic E-state index is 12.7. The summed E-state index contributed by atoms with van der Waals surface area (Å²) in [5, 5.41) is 16.9. The highest BCUT2D eigenvalue weighted by atomic mass is 16.2. The first-order chi connectivity index (χ1) is 13.3. The Morgan fingerprint density at radius 2 is 2.00 bits per heavy atom. The van der Waals surface area contributed by atoms with Gasteiger partial charge in [0.05, 0.1) is 6.42 Å². The predicted molar refractivity (Wildman–Crippen MR) is 107 cm³/mol. The van der Waals surface area contributed by atoms with Crippen LogP contribution in [0.1, 0.15) is 44.6 Å². The van der Waals surface area contributed by atoms with Crippen LogP contribution >= 0.6 is 0 Å². The fourth-order valence-corrected chi connectivity index (χ4v) is 3.32. The van der Waals surface area contributed by atoms with Gasteiger partial charge in [-0.25, -0.2) is 0 Å². The smallest absolute Gasteiger partial charge is 0.227 e. The van der Waals surface area contributed by atoms with E-state index in [0.29, 0.717) is 31.7 Å². The molecule has 2 aromatic heterocycles. The maximum atomic E-state index is 12.7. The number of nitriles is 1. The van der Waals surface area contributed by atoms with Crippen LogP contribution in [0.3, 0.4) is 0 Å². The van der Waals surface area contributed by atoms with Crippen LogP contribution in [-0.2, 0) is 16.6 Å². The molecule has 1 aliphatic heterocycles. The fourth-order valence-electron chi connectivity index (χ4n) is 3.32. The molecule has 0 spiro atoms. The second-order valence-electron chi connectivity index (χ2n) is 8.25. The van der Waals surface area contributed by atoms with E-state index in [0.717, 1.165) is 17.1 Å². The molecule has 0 N–H and O–H groups in total. The van der Waals surface area contributed by atoms with Gasteiger partial charge in [-0.05, 0) is 30.7 Å². The Balaban J connectivity index is 1.60. The highest BCUT2D eigenvalue weighted by Gasteiger charge is 2.28. The lowest BCUT2D eigenvalue weighted by atomic mass is 9.91. The molecule has 0 saturated carbocycles. The van der Waals surface area contributed by atoms with Crippen LogP contribution in [0.15, 0.2) is 30.5 Å². The molecular weight excluding hydrogens is 352 g/mol. The lowest BCUT2D eigenvalue weighted by Crippen LogP contribution is -2.54. The molecule has 3 heterocycles. The molecule has 2 aromatic rings. The minimum Gasteiger partial charge on any atom is -0.349 e. The van der Waals surface area contributed by atoms with E-state index in [4.69, 9.17) is 5.26 Å². The van der Waals surface area contributed by atoms with E-state index in [-0.39, 0.29) is 17.4 Å². The minimum atomic E-state index is 0.00261. The van der Waals surface area contributed by atoms with Gasteiger partial charge in [-0.1, -0.05) is 26.8 Å². The van der Waals surface area contributed by atoms with E-state index >= 15 is 0 Å². The zero-order valence-electron chi connectivity index (χ0n) is 16.9. The van der Waals surface area contributed by atoms with E-state index in [1.165, 1.54) is 0 Å². The van der Waals surface area contributed by atoms with Crippen molar-refractivity contribution in [2.45, 2.75) is 45.6 Å². The molecule has 1 atom stereocenters. The fraction of sp³-hybridized carbons (Fsp3) is 0.476. The number of hydrogen-bond acceptors (Lipinski definition) is 6. The Morgan fingerprint density at radius 3 is 2.54 bits per heavy atom. The Kier molecular flexibility index (Phi) is 5.59. The number of nitrogens with zero attached hydrogens (tertiary/aromatic N) is 6. The molecule has 0 unspecified atom stereocenters. The molecule has 7 heteroatoms. The van der Waals surface area contributed by atoms with Crippen molar-refractivity contribution < 1.29 is 4.79 Å². The second-order valence-corrected chi connectivity index (χ2v) is 8.25. The summed E-state index contributed by atoms with van der Waals surface area (Å²) in [4.78, 5) is 21.3. The van der Waals surface area contributed by atoms with Gasteiger partial charge in [-0.2, -0.15) is 5.26 Å². The summed E-state index contributed by atoms with van der Waals surface area (Å²) in [7, 11) is 0. The van der Waals surface area contributed by atoms with Gasteiger partial charge in [0.2, 0.25) is 5.91 Å². The molecule has 0 aliphatic carbocycles. The van der Waals surface area contributed by atoms with Crippen molar-refractivity contribution in [2.75, 3.05) is 24.5 Å². The number of rotatable bonds is 3. The lowest BCUT2D eigenvalue weighted by molar-refractivity contribution is -0.131. The molecular formula is C21H26N6O. The molecule has 1 amide bonds. The van der Waals surface area contributed by atoms with E-state index < -0.39 is 0 Å². The number of carbonyl (C=O) groups is 1. The van der Waals surface area contributed by atoms with Crippen LogP contribution in [0.25, 0.3) is 0 Å². The van der Waals surface area contributed by atoms with Gasteiger partial charge < -0.3 is 9.80 Å².